The van der Waals surface area contributed by atoms with E-state index in [9.17, 15) is 13.2 Å². The summed E-state index contributed by atoms with van der Waals surface area (Å²) in [7, 11) is 0. The maximum atomic E-state index is 12.7. The first-order valence-electron chi connectivity index (χ1n) is 7.14. The van der Waals surface area contributed by atoms with Gasteiger partial charge in [-0.05, 0) is 12.1 Å². The molecule has 0 saturated carbocycles. The van der Waals surface area contributed by atoms with Crippen LogP contribution in [0.15, 0.2) is 18.3 Å². The quantitative estimate of drug-likeness (QED) is 0.728. The van der Waals surface area contributed by atoms with Gasteiger partial charge in [-0.2, -0.15) is 13.2 Å². The molecule has 2 aromatic heterocycles. The standard InChI is InChI=1S/C14H13Cl2F3N4S/c15-12-10(14(17,18)19)1-2-11(21-12)23-5-3-22(4-6-23)8-9-7-20-13(16)24-9/h1-2,7H,3-6,8H2. The summed E-state index contributed by atoms with van der Waals surface area (Å²) in [6.45, 7) is 3.65. The highest BCUT2D eigenvalue weighted by atomic mass is 35.5. The van der Waals surface area contributed by atoms with Gasteiger partial charge >= 0.3 is 6.18 Å². The minimum absolute atomic E-state index is 0.466. The molecular weight excluding hydrogens is 384 g/mol. The summed E-state index contributed by atoms with van der Waals surface area (Å²) >= 11 is 13.0. The molecule has 1 aliphatic heterocycles. The molecule has 4 nitrogen and oxygen atoms in total. The summed E-state index contributed by atoms with van der Waals surface area (Å²) in [5, 5.41) is -0.512. The Balaban J connectivity index is 1.61. The lowest BCUT2D eigenvalue weighted by atomic mass is 10.2. The van der Waals surface area contributed by atoms with Gasteiger partial charge in [-0.1, -0.05) is 23.2 Å². The van der Waals surface area contributed by atoms with Crippen molar-refractivity contribution in [3.63, 3.8) is 0 Å². The van der Waals surface area contributed by atoms with Crippen molar-refractivity contribution in [1.29, 1.82) is 0 Å². The zero-order valence-corrected chi connectivity index (χ0v) is 14.7. The van der Waals surface area contributed by atoms with Gasteiger partial charge in [0.1, 0.15) is 11.0 Å². The average Bonchev–Trinajstić information content (AvgIpc) is 2.92. The van der Waals surface area contributed by atoms with Crippen molar-refractivity contribution in [3.05, 3.63) is 38.4 Å². The molecule has 0 unspecified atom stereocenters. The predicted molar refractivity (Wildman–Crippen MR) is 88.9 cm³/mol. The van der Waals surface area contributed by atoms with Crippen LogP contribution in [-0.2, 0) is 12.7 Å². The van der Waals surface area contributed by atoms with E-state index in [-0.39, 0.29) is 0 Å². The maximum absolute atomic E-state index is 12.7. The minimum Gasteiger partial charge on any atom is -0.354 e. The molecule has 3 rings (SSSR count). The highest BCUT2D eigenvalue weighted by Gasteiger charge is 2.34. The summed E-state index contributed by atoms with van der Waals surface area (Å²) in [6, 6.07) is 2.35. The van der Waals surface area contributed by atoms with E-state index in [4.69, 9.17) is 23.2 Å². The molecule has 10 heteroatoms. The molecule has 0 bridgehead atoms. The minimum atomic E-state index is -4.49. The van der Waals surface area contributed by atoms with Crippen LogP contribution in [0, 0.1) is 0 Å². The van der Waals surface area contributed by atoms with E-state index in [0.717, 1.165) is 30.6 Å². The molecule has 0 aliphatic carbocycles. The van der Waals surface area contributed by atoms with E-state index in [1.165, 1.54) is 17.4 Å². The van der Waals surface area contributed by atoms with Crippen molar-refractivity contribution in [3.8, 4) is 0 Å². The van der Waals surface area contributed by atoms with Gasteiger partial charge < -0.3 is 4.90 Å². The van der Waals surface area contributed by atoms with Crippen molar-refractivity contribution in [2.75, 3.05) is 31.1 Å². The van der Waals surface area contributed by atoms with Crippen LogP contribution >= 0.6 is 34.5 Å². The van der Waals surface area contributed by atoms with Crippen LogP contribution in [0.1, 0.15) is 10.4 Å². The van der Waals surface area contributed by atoms with Crippen molar-refractivity contribution in [2.24, 2.45) is 0 Å². The Morgan fingerprint density at radius 3 is 2.38 bits per heavy atom. The summed E-state index contributed by atoms with van der Waals surface area (Å²) in [4.78, 5) is 13.2. The second-order valence-corrected chi connectivity index (χ2v) is 7.40. The van der Waals surface area contributed by atoms with Gasteiger partial charge in [0.15, 0.2) is 4.47 Å². The largest absolute Gasteiger partial charge is 0.419 e. The number of halogens is 5. The van der Waals surface area contributed by atoms with Crippen molar-refractivity contribution >= 4 is 40.4 Å². The lowest BCUT2D eigenvalue weighted by Gasteiger charge is -2.35. The molecule has 3 heterocycles. The Hall–Kier alpha value is -1.09. The number of aromatic nitrogens is 2. The molecule has 0 radical (unpaired) electrons. The van der Waals surface area contributed by atoms with Crippen molar-refractivity contribution in [1.82, 2.24) is 14.9 Å². The third-order valence-electron chi connectivity index (χ3n) is 3.74. The maximum Gasteiger partial charge on any atom is 0.419 e. The SMILES string of the molecule is FC(F)(F)c1ccc(N2CCN(Cc3cnc(Cl)s3)CC2)nc1Cl. The van der Waals surface area contributed by atoms with Crippen molar-refractivity contribution in [2.45, 2.75) is 12.7 Å². The lowest BCUT2D eigenvalue weighted by Crippen LogP contribution is -2.46. The fourth-order valence-electron chi connectivity index (χ4n) is 2.52. The number of nitrogens with zero attached hydrogens (tertiary/aromatic N) is 4. The first-order chi connectivity index (χ1) is 11.3. The highest BCUT2D eigenvalue weighted by Crippen LogP contribution is 2.34. The second kappa shape index (κ2) is 7.03. The summed E-state index contributed by atoms with van der Waals surface area (Å²) in [5.41, 5.74) is -0.909. The first kappa shape index (κ1) is 17.7. The predicted octanol–water partition coefficient (Wildman–Crippen LogP) is 4.19. The van der Waals surface area contributed by atoms with E-state index in [1.54, 1.807) is 6.20 Å². The van der Waals surface area contributed by atoms with E-state index in [0.29, 0.717) is 23.4 Å². The van der Waals surface area contributed by atoms with E-state index < -0.39 is 16.9 Å². The molecule has 1 saturated heterocycles. The molecule has 0 aromatic carbocycles. The first-order valence-corrected chi connectivity index (χ1v) is 8.71. The molecule has 0 N–H and O–H groups in total. The molecule has 24 heavy (non-hydrogen) atoms. The number of thiazole rings is 1. The summed E-state index contributed by atoms with van der Waals surface area (Å²) in [6.07, 6.45) is -2.73. The van der Waals surface area contributed by atoms with Crippen LogP contribution in [0.4, 0.5) is 19.0 Å². The Morgan fingerprint density at radius 2 is 1.83 bits per heavy atom. The smallest absolute Gasteiger partial charge is 0.354 e. The number of alkyl halides is 3. The fourth-order valence-corrected chi connectivity index (χ4v) is 3.80. The van der Waals surface area contributed by atoms with Gasteiger partial charge in [-0.3, -0.25) is 4.90 Å². The van der Waals surface area contributed by atoms with Gasteiger partial charge in [0.2, 0.25) is 0 Å². The number of anilines is 1. The van der Waals surface area contributed by atoms with Gasteiger partial charge in [-0.25, -0.2) is 9.97 Å². The number of pyridine rings is 1. The average molecular weight is 397 g/mol. The van der Waals surface area contributed by atoms with Gasteiger partial charge in [-0.15, -0.1) is 11.3 Å². The zero-order valence-electron chi connectivity index (χ0n) is 12.4. The molecule has 0 atom stereocenters. The third kappa shape index (κ3) is 4.11. The van der Waals surface area contributed by atoms with E-state index in [2.05, 4.69) is 14.9 Å². The van der Waals surface area contributed by atoms with E-state index >= 15 is 0 Å². The summed E-state index contributed by atoms with van der Waals surface area (Å²) < 4.78 is 38.7. The van der Waals surface area contributed by atoms with Crippen LogP contribution in [0.5, 0.6) is 0 Å². The van der Waals surface area contributed by atoms with Crippen molar-refractivity contribution < 1.29 is 13.2 Å². The fraction of sp³-hybridized carbons (Fsp3) is 0.429. The Labute approximate surface area is 150 Å². The Bertz CT molecular complexity index is 714. The highest BCUT2D eigenvalue weighted by molar-refractivity contribution is 7.15. The second-order valence-electron chi connectivity index (χ2n) is 5.35. The topological polar surface area (TPSA) is 32.3 Å². The summed E-state index contributed by atoms with van der Waals surface area (Å²) in [5.74, 6) is 0.466. The van der Waals surface area contributed by atoms with E-state index in [1.807, 2.05) is 4.90 Å². The third-order valence-corrected chi connectivity index (χ3v) is 5.13. The number of hydrogen-bond acceptors (Lipinski definition) is 5. The van der Waals surface area contributed by atoms with Crippen LogP contribution in [0.2, 0.25) is 9.62 Å². The van der Waals surface area contributed by atoms with Crippen LogP contribution in [-0.4, -0.2) is 41.0 Å². The Morgan fingerprint density at radius 1 is 1.12 bits per heavy atom. The zero-order chi connectivity index (χ0) is 17.3. The van der Waals surface area contributed by atoms with Gasteiger partial charge in [0.05, 0.1) is 5.56 Å². The number of hydrogen-bond donors (Lipinski definition) is 0. The number of rotatable bonds is 3. The molecule has 0 amide bonds. The monoisotopic (exact) mass is 396 g/mol. The number of piperazine rings is 1. The molecule has 1 aliphatic rings. The van der Waals surface area contributed by atoms with Crippen LogP contribution in [0.3, 0.4) is 0 Å². The molecule has 130 valence electrons. The van der Waals surface area contributed by atoms with Gasteiger partial charge in [0.25, 0.3) is 0 Å². The molecular formula is C14H13Cl2F3N4S. The Kier molecular flexibility index (Phi) is 5.19. The van der Waals surface area contributed by atoms with Crippen LogP contribution in [0.25, 0.3) is 0 Å². The molecule has 0 spiro atoms. The molecule has 1 fully saturated rings. The lowest BCUT2D eigenvalue weighted by molar-refractivity contribution is -0.137. The normalized spacial score (nSPS) is 16.6. The van der Waals surface area contributed by atoms with Crippen LogP contribution < -0.4 is 4.90 Å². The molecule has 2 aromatic rings. The van der Waals surface area contributed by atoms with Gasteiger partial charge in [0, 0.05) is 43.8 Å².